The van der Waals surface area contributed by atoms with Crippen LogP contribution in [0.1, 0.15) is 85.0 Å². The van der Waals surface area contributed by atoms with E-state index in [-0.39, 0.29) is 7.43 Å². The van der Waals surface area contributed by atoms with E-state index < -0.39 is 0 Å². The van der Waals surface area contributed by atoms with Gasteiger partial charge in [-0.15, -0.1) is 6.58 Å². The molecular weight excluding hydrogens is 180 g/mol. The highest BCUT2D eigenvalue weighted by atomic mass is 14.0. The zero-order valence-electron chi connectivity index (χ0n) is 10.1. The van der Waals surface area contributed by atoms with Crippen LogP contribution in [0.4, 0.5) is 0 Å². The van der Waals surface area contributed by atoms with E-state index in [2.05, 4.69) is 13.5 Å². The van der Waals surface area contributed by atoms with Gasteiger partial charge in [-0.25, -0.2) is 0 Å². The van der Waals surface area contributed by atoms with Crippen LogP contribution in [-0.2, 0) is 0 Å². The summed E-state index contributed by atoms with van der Waals surface area (Å²) in [6.45, 7) is 6.01. The van der Waals surface area contributed by atoms with E-state index in [1.807, 2.05) is 6.08 Å². The summed E-state index contributed by atoms with van der Waals surface area (Å²) >= 11 is 0. The summed E-state index contributed by atoms with van der Waals surface area (Å²) in [4.78, 5) is 0. The molecule has 0 heterocycles. The van der Waals surface area contributed by atoms with Crippen LogP contribution in [0.2, 0.25) is 0 Å². The van der Waals surface area contributed by atoms with Crippen molar-refractivity contribution in [1.82, 2.24) is 0 Å². The molecule has 0 saturated heterocycles. The fourth-order valence-corrected chi connectivity index (χ4v) is 1.78. The van der Waals surface area contributed by atoms with E-state index in [0.29, 0.717) is 0 Å². The van der Waals surface area contributed by atoms with Crippen molar-refractivity contribution in [3.63, 3.8) is 0 Å². The number of unbranched alkanes of at least 4 members (excludes halogenated alkanes) is 10. The Morgan fingerprint density at radius 2 is 1.13 bits per heavy atom. The quantitative estimate of drug-likeness (QED) is 0.286. The van der Waals surface area contributed by atoms with Crippen molar-refractivity contribution < 1.29 is 0 Å². The van der Waals surface area contributed by atoms with Crippen molar-refractivity contribution in [3.8, 4) is 0 Å². The maximum atomic E-state index is 3.74. The maximum absolute atomic E-state index is 3.74. The molecule has 15 heavy (non-hydrogen) atoms. The molecule has 0 amide bonds. The van der Waals surface area contributed by atoms with Crippen LogP contribution in [0.5, 0.6) is 0 Å². The van der Waals surface area contributed by atoms with Gasteiger partial charge in [0.15, 0.2) is 0 Å². The molecule has 0 rings (SSSR count). The van der Waals surface area contributed by atoms with Gasteiger partial charge in [-0.05, 0) is 12.8 Å². The Morgan fingerprint density at radius 1 is 0.733 bits per heavy atom. The van der Waals surface area contributed by atoms with Crippen LogP contribution in [0.15, 0.2) is 12.7 Å². The van der Waals surface area contributed by atoms with Crippen molar-refractivity contribution in [2.45, 2.75) is 85.0 Å². The molecule has 0 heteroatoms. The van der Waals surface area contributed by atoms with Crippen molar-refractivity contribution in [2.24, 2.45) is 0 Å². The smallest absolute Gasteiger partial charge is 0.0353 e. The standard InChI is InChI=1S/C14H28.CH4/c1-3-5-7-9-11-13-14-12-10-8-6-4-2;/h3H,1,4-14H2,2H3;1H4. The van der Waals surface area contributed by atoms with Crippen LogP contribution < -0.4 is 0 Å². The first-order valence-corrected chi connectivity index (χ1v) is 6.52. The fraction of sp³-hybridized carbons (Fsp3) is 0.867. The van der Waals surface area contributed by atoms with E-state index in [1.165, 1.54) is 70.6 Å². The van der Waals surface area contributed by atoms with E-state index in [1.54, 1.807) is 0 Å². The first-order chi connectivity index (χ1) is 6.91. The molecule has 0 N–H and O–H groups in total. The van der Waals surface area contributed by atoms with E-state index in [9.17, 15) is 0 Å². The third-order valence-corrected chi connectivity index (χ3v) is 2.76. The van der Waals surface area contributed by atoms with Crippen molar-refractivity contribution in [3.05, 3.63) is 12.7 Å². The highest BCUT2D eigenvalue weighted by molar-refractivity contribution is 4.65. The molecule has 0 saturated carbocycles. The number of hydrogen-bond acceptors (Lipinski definition) is 0. The van der Waals surface area contributed by atoms with Gasteiger partial charge >= 0.3 is 0 Å². The summed E-state index contributed by atoms with van der Waals surface area (Å²) in [5.74, 6) is 0. The Kier molecular flexibility index (Phi) is 18.5. The summed E-state index contributed by atoms with van der Waals surface area (Å²) in [6, 6.07) is 0. The lowest BCUT2D eigenvalue weighted by atomic mass is 10.1. The Hall–Kier alpha value is -0.260. The van der Waals surface area contributed by atoms with E-state index in [0.717, 1.165) is 0 Å². The predicted octanol–water partition coefficient (Wildman–Crippen LogP) is 6.12. The molecule has 0 spiro atoms. The van der Waals surface area contributed by atoms with Gasteiger partial charge in [0.1, 0.15) is 0 Å². The number of allylic oxidation sites excluding steroid dienone is 1. The molecule has 0 aromatic heterocycles. The second kappa shape index (κ2) is 16.2. The Labute approximate surface area is 98.2 Å². The van der Waals surface area contributed by atoms with Gasteiger partial charge in [-0.3, -0.25) is 0 Å². The Bertz CT molecular complexity index is 105. The minimum absolute atomic E-state index is 0. The van der Waals surface area contributed by atoms with Crippen molar-refractivity contribution in [2.75, 3.05) is 0 Å². The third-order valence-electron chi connectivity index (χ3n) is 2.76. The highest BCUT2D eigenvalue weighted by Crippen LogP contribution is 2.11. The predicted molar refractivity (Wildman–Crippen MR) is 73.4 cm³/mol. The van der Waals surface area contributed by atoms with Crippen molar-refractivity contribution >= 4 is 0 Å². The zero-order chi connectivity index (χ0) is 10.5. The van der Waals surface area contributed by atoms with Crippen LogP contribution in [0.3, 0.4) is 0 Å². The minimum Gasteiger partial charge on any atom is -0.103 e. The maximum Gasteiger partial charge on any atom is -0.0353 e. The van der Waals surface area contributed by atoms with Gasteiger partial charge in [0, 0.05) is 0 Å². The van der Waals surface area contributed by atoms with E-state index >= 15 is 0 Å². The van der Waals surface area contributed by atoms with Gasteiger partial charge in [0.25, 0.3) is 0 Å². The summed E-state index contributed by atoms with van der Waals surface area (Å²) < 4.78 is 0. The lowest BCUT2D eigenvalue weighted by Gasteiger charge is -2.00. The molecule has 0 aromatic rings. The van der Waals surface area contributed by atoms with Crippen LogP contribution in [0.25, 0.3) is 0 Å². The average molecular weight is 212 g/mol. The van der Waals surface area contributed by atoms with Crippen molar-refractivity contribution in [1.29, 1.82) is 0 Å². The highest BCUT2D eigenvalue weighted by Gasteiger charge is 1.91. The summed E-state index contributed by atoms with van der Waals surface area (Å²) in [5.41, 5.74) is 0. The summed E-state index contributed by atoms with van der Waals surface area (Å²) in [6.07, 6.45) is 17.5. The second-order valence-electron chi connectivity index (χ2n) is 4.26. The van der Waals surface area contributed by atoms with Gasteiger partial charge in [0.2, 0.25) is 0 Å². The number of hydrogen-bond donors (Lipinski definition) is 0. The van der Waals surface area contributed by atoms with Gasteiger partial charge in [0.05, 0.1) is 0 Å². The van der Waals surface area contributed by atoms with Crippen LogP contribution in [-0.4, -0.2) is 0 Å². The van der Waals surface area contributed by atoms with Gasteiger partial charge in [-0.2, -0.15) is 0 Å². The Morgan fingerprint density at radius 3 is 1.53 bits per heavy atom. The first kappa shape index (κ1) is 17.1. The summed E-state index contributed by atoms with van der Waals surface area (Å²) in [5, 5.41) is 0. The molecule has 92 valence electrons. The molecule has 0 bridgehead atoms. The lowest BCUT2D eigenvalue weighted by molar-refractivity contribution is 0.558. The van der Waals surface area contributed by atoms with Crippen LogP contribution in [0, 0.1) is 0 Å². The molecule has 0 aliphatic heterocycles. The van der Waals surface area contributed by atoms with E-state index in [4.69, 9.17) is 0 Å². The molecule has 0 aliphatic carbocycles. The number of rotatable bonds is 11. The molecule has 0 aliphatic rings. The normalized spacial score (nSPS) is 9.67. The molecule has 0 unspecified atom stereocenters. The van der Waals surface area contributed by atoms with Gasteiger partial charge < -0.3 is 0 Å². The summed E-state index contributed by atoms with van der Waals surface area (Å²) in [7, 11) is 0. The molecule has 0 atom stereocenters. The third kappa shape index (κ3) is 16.4. The zero-order valence-corrected chi connectivity index (χ0v) is 10.1. The van der Waals surface area contributed by atoms with Crippen LogP contribution >= 0.6 is 0 Å². The second-order valence-corrected chi connectivity index (χ2v) is 4.26. The topological polar surface area (TPSA) is 0 Å². The SMILES string of the molecule is C.C=CCCCCCCCCCCCC. The lowest BCUT2D eigenvalue weighted by Crippen LogP contribution is -1.81. The molecule has 0 nitrogen and oxygen atoms in total. The molecular formula is C15H32. The minimum atomic E-state index is 0. The molecule has 0 fully saturated rings. The first-order valence-electron chi connectivity index (χ1n) is 6.52. The monoisotopic (exact) mass is 212 g/mol. The molecule has 0 aromatic carbocycles. The fourth-order valence-electron chi connectivity index (χ4n) is 1.78. The Balaban J connectivity index is 0. The average Bonchev–Trinajstić information content (AvgIpc) is 2.21. The molecule has 0 radical (unpaired) electrons. The van der Waals surface area contributed by atoms with Gasteiger partial charge in [-0.1, -0.05) is 78.2 Å². The largest absolute Gasteiger partial charge is 0.103 e.